The van der Waals surface area contributed by atoms with Crippen LogP contribution in [0, 0.1) is 5.92 Å². The average molecular weight is 285 g/mol. The summed E-state index contributed by atoms with van der Waals surface area (Å²) < 4.78 is 28.1. The van der Waals surface area contributed by atoms with Crippen molar-refractivity contribution >= 4 is 9.84 Å². The Hall–Kier alpha value is -0.950. The van der Waals surface area contributed by atoms with Crippen LogP contribution in [0.3, 0.4) is 0 Å². The second-order valence-corrected chi connectivity index (χ2v) is 7.75. The van der Waals surface area contributed by atoms with Gasteiger partial charge in [0.25, 0.3) is 0 Å². The molecule has 0 saturated carbocycles. The van der Waals surface area contributed by atoms with Crippen LogP contribution in [0.5, 0.6) is 0 Å². The second-order valence-electron chi connectivity index (χ2n) is 5.52. The van der Waals surface area contributed by atoms with Crippen LogP contribution in [-0.2, 0) is 16.3 Å². The third kappa shape index (κ3) is 3.14. The van der Waals surface area contributed by atoms with E-state index in [1.165, 1.54) is 12.8 Å². The van der Waals surface area contributed by atoms with E-state index in [0.29, 0.717) is 24.5 Å². The van der Waals surface area contributed by atoms with E-state index in [0.717, 1.165) is 18.8 Å². The lowest BCUT2D eigenvalue weighted by Crippen LogP contribution is -2.27. The summed E-state index contributed by atoms with van der Waals surface area (Å²) in [6, 6.07) is 0.193. The number of piperidine rings is 1. The molecular weight excluding hydrogens is 266 g/mol. The molecule has 2 unspecified atom stereocenters. The first kappa shape index (κ1) is 13.1. The molecule has 2 saturated heterocycles. The van der Waals surface area contributed by atoms with Gasteiger partial charge in [-0.2, -0.15) is 4.98 Å². The fourth-order valence-electron chi connectivity index (χ4n) is 2.84. The maximum atomic E-state index is 11.4. The third-order valence-electron chi connectivity index (χ3n) is 3.90. The molecule has 7 heteroatoms. The van der Waals surface area contributed by atoms with E-state index in [-0.39, 0.29) is 17.7 Å². The van der Waals surface area contributed by atoms with E-state index in [1.54, 1.807) is 0 Å². The summed E-state index contributed by atoms with van der Waals surface area (Å²) in [5.41, 5.74) is 0. The standard InChI is InChI=1S/C12H19N3O3S/c16-19(17)6-4-9(8-19)7-11-14-12(15-18-11)10-3-1-2-5-13-10/h9-10,13H,1-8H2. The van der Waals surface area contributed by atoms with E-state index in [9.17, 15) is 8.42 Å². The molecule has 0 spiro atoms. The van der Waals surface area contributed by atoms with Crippen LogP contribution in [-0.4, -0.2) is 36.6 Å². The Balaban J connectivity index is 1.62. The van der Waals surface area contributed by atoms with Crippen LogP contribution in [0.4, 0.5) is 0 Å². The van der Waals surface area contributed by atoms with Crippen LogP contribution < -0.4 is 5.32 Å². The van der Waals surface area contributed by atoms with Gasteiger partial charge in [0, 0.05) is 6.42 Å². The minimum Gasteiger partial charge on any atom is -0.339 e. The molecule has 0 aliphatic carbocycles. The Labute approximate surface area is 112 Å². The van der Waals surface area contributed by atoms with E-state index in [2.05, 4.69) is 15.5 Å². The van der Waals surface area contributed by atoms with Crippen molar-refractivity contribution in [2.45, 2.75) is 38.1 Å². The highest BCUT2D eigenvalue weighted by atomic mass is 32.2. The number of hydrogen-bond acceptors (Lipinski definition) is 6. The first-order valence-electron chi connectivity index (χ1n) is 6.89. The molecule has 1 N–H and O–H groups in total. The number of rotatable bonds is 3. The molecule has 2 aliphatic rings. The lowest BCUT2D eigenvalue weighted by atomic mass is 10.0. The minimum atomic E-state index is -2.83. The lowest BCUT2D eigenvalue weighted by molar-refractivity contribution is 0.339. The van der Waals surface area contributed by atoms with Crippen LogP contribution >= 0.6 is 0 Å². The van der Waals surface area contributed by atoms with E-state index >= 15 is 0 Å². The highest BCUT2D eigenvalue weighted by Crippen LogP contribution is 2.24. The van der Waals surface area contributed by atoms with Gasteiger partial charge in [-0.15, -0.1) is 0 Å². The monoisotopic (exact) mass is 285 g/mol. The van der Waals surface area contributed by atoms with Crippen molar-refractivity contribution in [2.75, 3.05) is 18.1 Å². The molecule has 2 atom stereocenters. The van der Waals surface area contributed by atoms with E-state index < -0.39 is 9.84 Å². The SMILES string of the molecule is O=S1(=O)CCC(Cc2nc(C3CCCCN3)no2)C1. The number of sulfone groups is 1. The lowest BCUT2D eigenvalue weighted by Gasteiger charge is -2.19. The Morgan fingerprint density at radius 3 is 2.89 bits per heavy atom. The molecular formula is C12H19N3O3S. The topological polar surface area (TPSA) is 85.1 Å². The Morgan fingerprint density at radius 2 is 2.21 bits per heavy atom. The van der Waals surface area contributed by atoms with Gasteiger partial charge in [0.05, 0.1) is 17.5 Å². The van der Waals surface area contributed by atoms with Gasteiger partial charge < -0.3 is 9.84 Å². The number of hydrogen-bond donors (Lipinski definition) is 1. The van der Waals surface area contributed by atoms with Gasteiger partial charge in [-0.25, -0.2) is 8.42 Å². The normalized spacial score (nSPS) is 30.5. The molecule has 0 bridgehead atoms. The van der Waals surface area contributed by atoms with Crippen LogP contribution in [0.15, 0.2) is 4.52 Å². The molecule has 19 heavy (non-hydrogen) atoms. The predicted octanol–water partition coefficient (Wildman–Crippen LogP) is 0.861. The van der Waals surface area contributed by atoms with Crippen LogP contribution in [0.1, 0.15) is 43.4 Å². The Bertz CT molecular complexity index is 534. The summed E-state index contributed by atoms with van der Waals surface area (Å²) in [5, 5.41) is 7.39. The number of aromatic nitrogens is 2. The summed E-state index contributed by atoms with van der Waals surface area (Å²) in [7, 11) is -2.83. The molecule has 2 aliphatic heterocycles. The van der Waals surface area contributed by atoms with Crippen molar-refractivity contribution in [3.05, 3.63) is 11.7 Å². The molecule has 2 fully saturated rings. The fraction of sp³-hybridized carbons (Fsp3) is 0.833. The predicted molar refractivity (Wildman–Crippen MR) is 69.4 cm³/mol. The Morgan fingerprint density at radius 1 is 1.32 bits per heavy atom. The molecule has 3 rings (SSSR count). The zero-order chi connectivity index (χ0) is 13.3. The highest BCUT2D eigenvalue weighted by Gasteiger charge is 2.30. The smallest absolute Gasteiger partial charge is 0.227 e. The summed E-state index contributed by atoms with van der Waals surface area (Å²) >= 11 is 0. The molecule has 3 heterocycles. The molecule has 0 amide bonds. The minimum absolute atomic E-state index is 0.137. The van der Waals surface area contributed by atoms with Crippen molar-refractivity contribution < 1.29 is 12.9 Å². The molecule has 0 aromatic carbocycles. The van der Waals surface area contributed by atoms with Crippen LogP contribution in [0.2, 0.25) is 0 Å². The van der Waals surface area contributed by atoms with Gasteiger partial charge in [0.15, 0.2) is 15.7 Å². The van der Waals surface area contributed by atoms with Gasteiger partial charge >= 0.3 is 0 Å². The zero-order valence-electron chi connectivity index (χ0n) is 10.8. The first-order chi connectivity index (χ1) is 9.12. The van der Waals surface area contributed by atoms with Crippen molar-refractivity contribution in [1.29, 1.82) is 0 Å². The quantitative estimate of drug-likeness (QED) is 0.886. The summed E-state index contributed by atoms with van der Waals surface area (Å²) in [4.78, 5) is 4.41. The van der Waals surface area contributed by atoms with Gasteiger partial charge in [-0.05, 0) is 31.7 Å². The van der Waals surface area contributed by atoms with Crippen molar-refractivity contribution in [3.63, 3.8) is 0 Å². The maximum Gasteiger partial charge on any atom is 0.227 e. The Kier molecular flexibility index (Phi) is 3.58. The molecule has 0 radical (unpaired) electrons. The maximum absolute atomic E-state index is 11.4. The number of nitrogens with zero attached hydrogens (tertiary/aromatic N) is 2. The van der Waals surface area contributed by atoms with Crippen LogP contribution in [0.25, 0.3) is 0 Å². The summed E-state index contributed by atoms with van der Waals surface area (Å²) in [6.45, 7) is 0.995. The fourth-order valence-corrected chi connectivity index (χ4v) is 4.71. The third-order valence-corrected chi connectivity index (χ3v) is 5.73. The highest BCUT2D eigenvalue weighted by molar-refractivity contribution is 7.91. The molecule has 1 aromatic rings. The van der Waals surface area contributed by atoms with Crippen molar-refractivity contribution in [2.24, 2.45) is 5.92 Å². The second kappa shape index (κ2) is 5.20. The number of nitrogens with one attached hydrogen (secondary N) is 1. The average Bonchev–Trinajstić information content (AvgIpc) is 2.98. The van der Waals surface area contributed by atoms with Crippen molar-refractivity contribution in [1.82, 2.24) is 15.5 Å². The zero-order valence-corrected chi connectivity index (χ0v) is 11.7. The van der Waals surface area contributed by atoms with Gasteiger partial charge in [0.2, 0.25) is 5.89 Å². The van der Waals surface area contributed by atoms with Gasteiger partial charge in [-0.3, -0.25) is 0 Å². The molecule has 6 nitrogen and oxygen atoms in total. The van der Waals surface area contributed by atoms with Gasteiger partial charge in [0.1, 0.15) is 0 Å². The van der Waals surface area contributed by atoms with Gasteiger partial charge in [-0.1, -0.05) is 11.6 Å². The van der Waals surface area contributed by atoms with Crippen molar-refractivity contribution in [3.8, 4) is 0 Å². The summed E-state index contributed by atoms with van der Waals surface area (Å²) in [6.07, 6.45) is 4.71. The molecule has 106 valence electrons. The van der Waals surface area contributed by atoms with E-state index in [1.807, 2.05) is 0 Å². The molecule has 1 aromatic heterocycles. The summed E-state index contributed by atoms with van der Waals surface area (Å²) in [5.74, 6) is 1.98. The largest absolute Gasteiger partial charge is 0.339 e. The van der Waals surface area contributed by atoms with E-state index in [4.69, 9.17) is 4.52 Å². The first-order valence-corrected chi connectivity index (χ1v) is 8.71.